The second-order valence-electron chi connectivity index (χ2n) is 5.50. The topological polar surface area (TPSA) is 9.23 Å². The lowest BCUT2D eigenvalue weighted by atomic mass is 9.93. The molecule has 0 spiro atoms. The molecule has 2 rings (SSSR count). The van der Waals surface area contributed by atoms with E-state index in [-0.39, 0.29) is 0 Å². The molecule has 2 aromatic rings. The zero-order valence-electron chi connectivity index (χ0n) is 13.2. The van der Waals surface area contributed by atoms with E-state index < -0.39 is 0 Å². The molecule has 0 bridgehead atoms. The van der Waals surface area contributed by atoms with E-state index in [2.05, 4.69) is 63.3 Å². The highest BCUT2D eigenvalue weighted by Gasteiger charge is 2.08. The van der Waals surface area contributed by atoms with Crippen molar-refractivity contribution < 1.29 is 4.74 Å². The summed E-state index contributed by atoms with van der Waals surface area (Å²) in [4.78, 5) is 0. The van der Waals surface area contributed by atoms with E-state index in [1.165, 1.54) is 16.7 Å². The number of hydrogen-bond donors (Lipinski definition) is 0. The third-order valence-electron chi connectivity index (χ3n) is 3.75. The maximum absolute atomic E-state index is 5.87. The molecular formula is C20H24O. The quantitative estimate of drug-likeness (QED) is 0.622. The third-order valence-corrected chi connectivity index (χ3v) is 3.75. The van der Waals surface area contributed by atoms with Gasteiger partial charge in [-0.05, 0) is 55.0 Å². The first kappa shape index (κ1) is 15.4. The summed E-state index contributed by atoms with van der Waals surface area (Å²) in [5.74, 6) is 1.49. The fraction of sp³-hybridized carbons (Fsp3) is 0.300. The van der Waals surface area contributed by atoms with Gasteiger partial charge in [-0.3, -0.25) is 0 Å². The molecule has 0 amide bonds. The van der Waals surface area contributed by atoms with Crippen molar-refractivity contribution in [3.05, 3.63) is 77.4 Å². The van der Waals surface area contributed by atoms with Crippen molar-refractivity contribution in [3.63, 3.8) is 0 Å². The van der Waals surface area contributed by atoms with E-state index in [9.17, 15) is 0 Å². The second kappa shape index (κ2) is 7.68. The van der Waals surface area contributed by atoms with Crippen LogP contribution in [0, 0.1) is 6.92 Å². The van der Waals surface area contributed by atoms with Crippen LogP contribution in [0.1, 0.15) is 42.9 Å². The molecule has 0 aliphatic rings. The first-order valence-corrected chi connectivity index (χ1v) is 7.59. The van der Waals surface area contributed by atoms with Crippen molar-refractivity contribution in [1.82, 2.24) is 0 Å². The van der Waals surface area contributed by atoms with E-state index in [1.807, 2.05) is 18.2 Å². The van der Waals surface area contributed by atoms with E-state index in [1.54, 1.807) is 0 Å². The summed E-state index contributed by atoms with van der Waals surface area (Å²) in [6.45, 7) is 7.12. The van der Waals surface area contributed by atoms with Gasteiger partial charge in [-0.25, -0.2) is 0 Å². The van der Waals surface area contributed by atoms with E-state index in [0.717, 1.165) is 12.2 Å². The highest BCUT2D eigenvalue weighted by Crippen LogP contribution is 2.26. The summed E-state index contributed by atoms with van der Waals surface area (Å²) >= 11 is 0. The number of benzene rings is 2. The molecule has 2 aromatic carbocycles. The van der Waals surface area contributed by atoms with Crippen LogP contribution >= 0.6 is 0 Å². The molecule has 110 valence electrons. The minimum Gasteiger partial charge on any atom is -0.489 e. The van der Waals surface area contributed by atoms with Gasteiger partial charge in [-0.15, -0.1) is 0 Å². The fourth-order valence-corrected chi connectivity index (χ4v) is 2.50. The third kappa shape index (κ3) is 4.49. The Balaban J connectivity index is 2.01. The predicted molar refractivity (Wildman–Crippen MR) is 89.8 cm³/mol. The minimum absolute atomic E-state index is 0.546. The van der Waals surface area contributed by atoms with Gasteiger partial charge in [-0.2, -0.15) is 0 Å². The zero-order chi connectivity index (χ0) is 15.1. The van der Waals surface area contributed by atoms with Crippen molar-refractivity contribution in [1.29, 1.82) is 0 Å². The van der Waals surface area contributed by atoms with Crippen LogP contribution in [0.5, 0.6) is 5.75 Å². The molecule has 0 aromatic heterocycles. The maximum Gasteiger partial charge on any atom is 0.120 e. The lowest BCUT2D eigenvalue weighted by Crippen LogP contribution is -1.99. The molecular weight excluding hydrogens is 256 g/mol. The van der Waals surface area contributed by atoms with Crippen LogP contribution in [0.15, 0.2) is 60.7 Å². The van der Waals surface area contributed by atoms with Gasteiger partial charge in [0, 0.05) is 0 Å². The van der Waals surface area contributed by atoms with Crippen LogP contribution in [0.25, 0.3) is 0 Å². The number of allylic oxidation sites excluding steroid dienone is 2. The Labute approximate surface area is 128 Å². The highest BCUT2D eigenvalue weighted by molar-refractivity contribution is 5.37. The standard InChI is InChI=1S/C20H24O/c1-4-5-9-16(2)20-13-12-19(14-17(20)3)21-15-18-10-7-6-8-11-18/h4-8,10-14,16H,9,15H2,1-3H3/b5-4-. The molecule has 1 heteroatoms. The molecule has 1 nitrogen and oxygen atoms in total. The SMILES string of the molecule is C/C=C\CC(C)c1ccc(OCc2ccccc2)cc1C. The van der Waals surface area contributed by atoms with Gasteiger partial charge in [0.15, 0.2) is 0 Å². The number of aryl methyl sites for hydroxylation is 1. The van der Waals surface area contributed by atoms with E-state index in [0.29, 0.717) is 12.5 Å². The number of rotatable bonds is 6. The summed E-state index contributed by atoms with van der Waals surface area (Å²) in [7, 11) is 0. The number of ether oxygens (including phenoxy) is 1. The summed E-state index contributed by atoms with van der Waals surface area (Å²) in [5.41, 5.74) is 3.90. The maximum atomic E-state index is 5.87. The molecule has 1 unspecified atom stereocenters. The molecule has 0 aliphatic carbocycles. The van der Waals surface area contributed by atoms with Crippen molar-refractivity contribution in [3.8, 4) is 5.75 Å². The largest absolute Gasteiger partial charge is 0.489 e. The average molecular weight is 280 g/mol. The van der Waals surface area contributed by atoms with Crippen LogP contribution < -0.4 is 4.74 Å². The molecule has 0 heterocycles. The van der Waals surface area contributed by atoms with Crippen LogP contribution in [0.4, 0.5) is 0 Å². The Morgan fingerprint density at radius 2 is 1.86 bits per heavy atom. The molecule has 0 saturated carbocycles. The van der Waals surface area contributed by atoms with Gasteiger partial charge in [0.25, 0.3) is 0 Å². The molecule has 0 aliphatic heterocycles. The smallest absolute Gasteiger partial charge is 0.120 e. The average Bonchev–Trinajstić information content (AvgIpc) is 2.51. The van der Waals surface area contributed by atoms with E-state index >= 15 is 0 Å². The Kier molecular flexibility index (Phi) is 5.62. The van der Waals surface area contributed by atoms with Crippen molar-refractivity contribution >= 4 is 0 Å². The van der Waals surface area contributed by atoms with Gasteiger partial charge in [0.1, 0.15) is 12.4 Å². The van der Waals surface area contributed by atoms with Crippen molar-refractivity contribution in [2.75, 3.05) is 0 Å². The second-order valence-corrected chi connectivity index (χ2v) is 5.50. The molecule has 0 saturated heterocycles. The summed E-state index contributed by atoms with van der Waals surface area (Å²) in [6.07, 6.45) is 5.43. The van der Waals surface area contributed by atoms with Gasteiger partial charge < -0.3 is 4.74 Å². The Bertz CT molecular complexity index is 584. The molecule has 0 fully saturated rings. The lowest BCUT2D eigenvalue weighted by Gasteiger charge is -2.15. The normalized spacial score (nSPS) is 12.5. The summed E-state index contributed by atoms with van der Waals surface area (Å²) in [6, 6.07) is 16.7. The fourth-order valence-electron chi connectivity index (χ4n) is 2.50. The Hall–Kier alpha value is -2.02. The molecule has 1 atom stereocenters. The lowest BCUT2D eigenvalue weighted by molar-refractivity contribution is 0.306. The minimum atomic E-state index is 0.546. The van der Waals surface area contributed by atoms with Gasteiger partial charge >= 0.3 is 0 Å². The molecule has 0 radical (unpaired) electrons. The predicted octanol–water partition coefficient (Wildman–Crippen LogP) is 5.64. The van der Waals surface area contributed by atoms with Crippen LogP contribution in [0.2, 0.25) is 0 Å². The molecule has 0 N–H and O–H groups in total. The van der Waals surface area contributed by atoms with E-state index in [4.69, 9.17) is 4.74 Å². The van der Waals surface area contributed by atoms with Gasteiger partial charge in [-0.1, -0.05) is 55.5 Å². The van der Waals surface area contributed by atoms with Crippen LogP contribution in [-0.2, 0) is 6.61 Å². The Morgan fingerprint density at radius 3 is 2.52 bits per heavy atom. The summed E-state index contributed by atoms with van der Waals surface area (Å²) < 4.78 is 5.87. The van der Waals surface area contributed by atoms with Crippen molar-refractivity contribution in [2.24, 2.45) is 0 Å². The van der Waals surface area contributed by atoms with Gasteiger partial charge in [0.2, 0.25) is 0 Å². The van der Waals surface area contributed by atoms with Crippen LogP contribution in [0.3, 0.4) is 0 Å². The first-order valence-electron chi connectivity index (χ1n) is 7.59. The first-order chi connectivity index (χ1) is 10.2. The molecule has 21 heavy (non-hydrogen) atoms. The Morgan fingerprint density at radius 1 is 1.10 bits per heavy atom. The highest BCUT2D eigenvalue weighted by atomic mass is 16.5. The zero-order valence-corrected chi connectivity index (χ0v) is 13.2. The summed E-state index contributed by atoms with van der Waals surface area (Å²) in [5, 5.41) is 0. The van der Waals surface area contributed by atoms with Gasteiger partial charge in [0.05, 0.1) is 0 Å². The number of hydrogen-bond acceptors (Lipinski definition) is 1. The monoisotopic (exact) mass is 280 g/mol. The van der Waals surface area contributed by atoms with Crippen LogP contribution in [-0.4, -0.2) is 0 Å². The van der Waals surface area contributed by atoms with Crippen molar-refractivity contribution in [2.45, 2.75) is 39.7 Å².